The third kappa shape index (κ3) is 4.15. The predicted molar refractivity (Wildman–Crippen MR) is 81.7 cm³/mol. The number of rotatable bonds is 5. The van der Waals surface area contributed by atoms with Gasteiger partial charge in [-0.2, -0.15) is 4.31 Å². The van der Waals surface area contributed by atoms with E-state index in [2.05, 4.69) is 0 Å². The predicted octanol–water partition coefficient (Wildman–Crippen LogP) is 0.762. The summed E-state index contributed by atoms with van der Waals surface area (Å²) in [6, 6.07) is 4.31. The van der Waals surface area contributed by atoms with Crippen molar-refractivity contribution in [3.63, 3.8) is 0 Å². The first-order valence-corrected chi connectivity index (χ1v) is 8.61. The first-order chi connectivity index (χ1) is 10.8. The van der Waals surface area contributed by atoms with Crippen LogP contribution in [0.15, 0.2) is 23.1 Å². The van der Waals surface area contributed by atoms with Crippen molar-refractivity contribution in [1.29, 1.82) is 0 Å². The van der Waals surface area contributed by atoms with E-state index in [1.165, 1.54) is 23.4 Å². The summed E-state index contributed by atoms with van der Waals surface area (Å²) in [5, 5.41) is 0. The number of benzene rings is 1. The van der Waals surface area contributed by atoms with Crippen molar-refractivity contribution in [2.45, 2.75) is 18.7 Å². The van der Waals surface area contributed by atoms with Gasteiger partial charge in [0.1, 0.15) is 6.61 Å². The topological polar surface area (TPSA) is 90.0 Å². The van der Waals surface area contributed by atoms with Gasteiger partial charge in [0, 0.05) is 13.1 Å². The van der Waals surface area contributed by atoms with Crippen LogP contribution >= 0.6 is 0 Å². The number of Topliss-reactive ketones (excluding diaryl/α,β-unsaturated/α-hetero) is 1. The zero-order valence-electron chi connectivity index (χ0n) is 13.1. The first-order valence-electron chi connectivity index (χ1n) is 7.17. The maximum absolute atomic E-state index is 12.6. The van der Waals surface area contributed by atoms with E-state index in [9.17, 15) is 18.0 Å². The largest absolute Gasteiger partial charge is 0.454 e. The van der Waals surface area contributed by atoms with Gasteiger partial charge in [0.2, 0.25) is 10.0 Å². The number of ketones is 1. The molecule has 0 saturated carbocycles. The van der Waals surface area contributed by atoms with Gasteiger partial charge >= 0.3 is 5.97 Å². The summed E-state index contributed by atoms with van der Waals surface area (Å²) in [7, 11) is -3.69. The molecular formula is C15H19NO6S. The first kappa shape index (κ1) is 17.6. The second-order valence-electron chi connectivity index (χ2n) is 5.27. The number of carbonyl (C=O) groups is 2. The van der Waals surface area contributed by atoms with Crippen molar-refractivity contribution in [3.05, 3.63) is 29.3 Å². The van der Waals surface area contributed by atoms with Crippen LogP contribution in [0.1, 0.15) is 22.8 Å². The van der Waals surface area contributed by atoms with Gasteiger partial charge in [0.25, 0.3) is 0 Å². The Morgan fingerprint density at radius 1 is 1.26 bits per heavy atom. The molecule has 0 amide bonds. The Hall–Kier alpha value is -1.77. The summed E-state index contributed by atoms with van der Waals surface area (Å²) in [5.74, 6) is -0.996. The summed E-state index contributed by atoms with van der Waals surface area (Å²) < 4.78 is 36.6. The highest BCUT2D eigenvalue weighted by Crippen LogP contribution is 2.21. The number of carbonyl (C=O) groups excluding carboxylic acids is 2. The summed E-state index contributed by atoms with van der Waals surface area (Å²) in [4.78, 5) is 23.0. The molecule has 8 heteroatoms. The number of hydrogen-bond donors (Lipinski definition) is 0. The average molecular weight is 341 g/mol. The Morgan fingerprint density at radius 3 is 2.52 bits per heavy atom. The third-order valence-electron chi connectivity index (χ3n) is 3.44. The fourth-order valence-electron chi connectivity index (χ4n) is 2.16. The lowest BCUT2D eigenvalue weighted by molar-refractivity contribution is -0.120. The lowest BCUT2D eigenvalue weighted by Gasteiger charge is -2.26. The monoisotopic (exact) mass is 341 g/mol. The SMILES string of the molecule is CC(=O)COC(=O)c1cc(S(=O)(=O)N2CCOCC2)ccc1C. The van der Waals surface area contributed by atoms with E-state index in [4.69, 9.17) is 9.47 Å². The van der Waals surface area contributed by atoms with Crippen molar-refractivity contribution >= 4 is 21.8 Å². The Balaban J connectivity index is 2.28. The molecule has 0 radical (unpaired) electrons. The van der Waals surface area contributed by atoms with Crippen molar-refractivity contribution < 1.29 is 27.5 Å². The molecule has 2 rings (SSSR count). The highest BCUT2D eigenvalue weighted by molar-refractivity contribution is 7.89. The maximum atomic E-state index is 12.6. The lowest BCUT2D eigenvalue weighted by atomic mass is 10.1. The molecule has 0 spiro atoms. The highest BCUT2D eigenvalue weighted by atomic mass is 32.2. The summed E-state index contributed by atoms with van der Waals surface area (Å²) in [6.07, 6.45) is 0. The van der Waals surface area contributed by atoms with Crippen LogP contribution in [0.4, 0.5) is 0 Å². The van der Waals surface area contributed by atoms with E-state index in [1.54, 1.807) is 13.0 Å². The number of hydrogen-bond acceptors (Lipinski definition) is 6. The van der Waals surface area contributed by atoms with Gasteiger partial charge in [-0.15, -0.1) is 0 Å². The molecule has 0 bridgehead atoms. The Kier molecular flexibility index (Phi) is 5.51. The van der Waals surface area contributed by atoms with Crippen LogP contribution in [0, 0.1) is 6.92 Å². The quantitative estimate of drug-likeness (QED) is 0.735. The van der Waals surface area contributed by atoms with Gasteiger partial charge in [0.15, 0.2) is 5.78 Å². The second kappa shape index (κ2) is 7.20. The molecule has 1 aliphatic rings. The van der Waals surface area contributed by atoms with E-state index >= 15 is 0 Å². The van der Waals surface area contributed by atoms with E-state index < -0.39 is 16.0 Å². The van der Waals surface area contributed by atoms with E-state index in [1.807, 2.05) is 0 Å². The van der Waals surface area contributed by atoms with Crippen LogP contribution in [-0.2, 0) is 24.3 Å². The van der Waals surface area contributed by atoms with Crippen molar-refractivity contribution in [2.75, 3.05) is 32.9 Å². The molecule has 1 aromatic carbocycles. The van der Waals surface area contributed by atoms with Gasteiger partial charge in [0.05, 0.1) is 23.7 Å². The van der Waals surface area contributed by atoms with E-state index in [-0.39, 0.29) is 35.9 Å². The standard InChI is InChI=1S/C15H19NO6S/c1-11-3-4-13(9-14(11)15(18)22-10-12(2)17)23(19,20)16-5-7-21-8-6-16/h3-4,9H,5-8,10H2,1-2H3. The van der Waals surface area contributed by atoms with Crippen LogP contribution < -0.4 is 0 Å². The van der Waals surface area contributed by atoms with Crippen molar-refractivity contribution in [3.8, 4) is 0 Å². The van der Waals surface area contributed by atoms with Crippen LogP contribution in [-0.4, -0.2) is 57.4 Å². The zero-order chi connectivity index (χ0) is 17.0. The number of sulfonamides is 1. The van der Waals surface area contributed by atoms with Gasteiger partial charge in [-0.3, -0.25) is 4.79 Å². The minimum Gasteiger partial charge on any atom is -0.454 e. The molecule has 0 unspecified atom stereocenters. The van der Waals surface area contributed by atoms with Crippen LogP contribution in [0.3, 0.4) is 0 Å². The number of nitrogens with zero attached hydrogens (tertiary/aromatic N) is 1. The minimum atomic E-state index is -3.69. The molecule has 0 atom stereocenters. The van der Waals surface area contributed by atoms with Gasteiger partial charge in [-0.05, 0) is 31.5 Å². The lowest BCUT2D eigenvalue weighted by Crippen LogP contribution is -2.40. The van der Waals surface area contributed by atoms with E-state index in [0.717, 1.165) is 0 Å². The number of aryl methyl sites for hydroxylation is 1. The molecule has 0 aliphatic carbocycles. The Labute approximate surface area is 135 Å². The molecule has 1 saturated heterocycles. The van der Waals surface area contributed by atoms with Gasteiger partial charge in [-0.1, -0.05) is 6.07 Å². The summed E-state index contributed by atoms with van der Waals surface area (Å²) in [5.41, 5.74) is 0.722. The van der Waals surface area contributed by atoms with Crippen molar-refractivity contribution in [2.24, 2.45) is 0 Å². The second-order valence-corrected chi connectivity index (χ2v) is 7.21. The molecule has 23 heavy (non-hydrogen) atoms. The summed E-state index contributed by atoms with van der Waals surface area (Å²) >= 11 is 0. The molecule has 0 aromatic heterocycles. The fourth-order valence-corrected chi connectivity index (χ4v) is 3.60. The zero-order valence-corrected chi connectivity index (χ0v) is 13.9. The van der Waals surface area contributed by atoms with Crippen molar-refractivity contribution in [1.82, 2.24) is 4.31 Å². The van der Waals surface area contributed by atoms with E-state index in [0.29, 0.717) is 18.8 Å². The Morgan fingerprint density at radius 2 is 1.91 bits per heavy atom. The van der Waals surface area contributed by atoms with Crippen LogP contribution in [0.2, 0.25) is 0 Å². The number of esters is 1. The minimum absolute atomic E-state index is 0.0276. The highest BCUT2D eigenvalue weighted by Gasteiger charge is 2.27. The van der Waals surface area contributed by atoms with Crippen LogP contribution in [0.5, 0.6) is 0 Å². The molecule has 7 nitrogen and oxygen atoms in total. The third-order valence-corrected chi connectivity index (χ3v) is 5.34. The molecule has 1 fully saturated rings. The van der Waals surface area contributed by atoms with Gasteiger partial charge < -0.3 is 9.47 Å². The maximum Gasteiger partial charge on any atom is 0.338 e. The summed E-state index contributed by atoms with van der Waals surface area (Å²) in [6.45, 7) is 3.89. The van der Waals surface area contributed by atoms with Gasteiger partial charge in [-0.25, -0.2) is 13.2 Å². The van der Waals surface area contributed by atoms with Crippen LogP contribution in [0.25, 0.3) is 0 Å². The molecular weight excluding hydrogens is 322 g/mol. The fraction of sp³-hybridized carbons (Fsp3) is 0.467. The number of morpholine rings is 1. The smallest absolute Gasteiger partial charge is 0.338 e. The normalized spacial score (nSPS) is 16.1. The molecule has 0 N–H and O–H groups in total. The molecule has 126 valence electrons. The molecule has 1 aromatic rings. The molecule has 1 aliphatic heterocycles. The molecule has 1 heterocycles. The Bertz CT molecular complexity index is 707. The average Bonchev–Trinajstić information content (AvgIpc) is 2.53. The number of ether oxygens (including phenoxy) is 2.